The number of nitrogens with one attached hydrogen (secondary N) is 4. The van der Waals surface area contributed by atoms with Gasteiger partial charge in [0, 0.05) is 135 Å². The molecular weight excluding hydrogens is 801 g/mol. The number of amides is 1. The average Bonchev–Trinajstić information content (AvgIpc) is 4.02. The number of anilines is 10. The van der Waals surface area contributed by atoms with Gasteiger partial charge in [0.05, 0.1) is 36.0 Å². The molecule has 4 N–H and O–H groups in total. The fourth-order valence-electron chi connectivity index (χ4n) is 8.64. The number of carbonyl (C=O) groups is 1. The molecule has 2 aliphatic rings. The monoisotopic (exact) mass is 848 g/mol. The Morgan fingerprint density at radius 2 is 1.44 bits per heavy atom. The number of nitrogens with zero attached hydrogens (tertiary/aromatic N) is 8. The topological polar surface area (TPSA) is 141 Å². The number of imidazole rings is 1. The van der Waals surface area contributed by atoms with Gasteiger partial charge in [0.1, 0.15) is 17.4 Å². The normalized spacial score (nSPS) is 13.7. The molecule has 0 bridgehead atoms. The molecule has 4 aromatic heterocycles. The van der Waals surface area contributed by atoms with E-state index in [1.54, 1.807) is 45.1 Å². The molecule has 0 atom stereocenters. The maximum Gasteiger partial charge on any atom is 0.223 e. The number of piperazine rings is 1. The van der Waals surface area contributed by atoms with Crippen molar-refractivity contribution in [3.63, 3.8) is 0 Å². The minimum absolute atomic E-state index is 0.0380. The molecule has 1 saturated heterocycles. The van der Waals surface area contributed by atoms with Crippen LogP contribution in [0.2, 0.25) is 0 Å². The van der Waals surface area contributed by atoms with E-state index in [9.17, 15) is 4.79 Å². The van der Waals surface area contributed by atoms with Crippen molar-refractivity contribution in [3.05, 3.63) is 158 Å². The number of hydrogen-bond donors (Lipinski definition) is 4. The fourth-order valence-corrected chi connectivity index (χ4v) is 8.64. The van der Waals surface area contributed by atoms with Crippen LogP contribution in [0, 0.1) is 0 Å². The van der Waals surface area contributed by atoms with E-state index in [1.165, 1.54) is 11.1 Å². The molecule has 8 aromatic rings. The van der Waals surface area contributed by atoms with Crippen molar-refractivity contribution in [1.82, 2.24) is 29.4 Å². The summed E-state index contributed by atoms with van der Waals surface area (Å²) in [6, 6.07) is 36.8. The summed E-state index contributed by atoms with van der Waals surface area (Å²) >= 11 is 0. The molecule has 6 heterocycles. The van der Waals surface area contributed by atoms with E-state index < -0.39 is 0 Å². The number of methoxy groups -OCH3 is 1. The molecule has 10 rings (SSSR count). The van der Waals surface area contributed by atoms with Gasteiger partial charge in [-0.25, -0.2) is 15.0 Å². The third-order valence-corrected chi connectivity index (χ3v) is 11.7. The molecule has 64 heavy (non-hydrogen) atoms. The standard InChI is InChI=1S/C50H48N12O2/c1-34(63)62-20-15-36-26-35(27-46(50(36)62)56-39-14-18-53-48(30-39)57-44-10-4-9-43-42(44)8-5-16-52-43)32-59-22-24-60(25-23-59)41-11-12-45(47(31-41)64-2)58-49-29-38(13-17-54-49)55-37-6-3-7-40(28-37)61-21-19-51-33-61/h3-14,16-19,21,26-31,33H,15,20,22-25,32H2,1-2H3,(H2,53,56,57)(H2,54,55,58). The zero-order valence-electron chi connectivity index (χ0n) is 35.7. The van der Waals surface area contributed by atoms with Crippen molar-refractivity contribution in [1.29, 1.82) is 0 Å². The molecule has 0 aliphatic carbocycles. The van der Waals surface area contributed by atoms with Gasteiger partial charge in [0.25, 0.3) is 0 Å². The summed E-state index contributed by atoms with van der Waals surface area (Å²) in [5.74, 6) is 2.19. The summed E-state index contributed by atoms with van der Waals surface area (Å²) in [5.41, 5.74) is 11.8. The third kappa shape index (κ3) is 8.72. The zero-order chi connectivity index (χ0) is 43.4. The van der Waals surface area contributed by atoms with Crippen LogP contribution in [-0.2, 0) is 17.8 Å². The first-order chi connectivity index (χ1) is 31.4. The highest BCUT2D eigenvalue weighted by Crippen LogP contribution is 2.40. The van der Waals surface area contributed by atoms with Crippen LogP contribution in [0.25, 0.3) is 16.6 Å². The Morgan fingerprint density at radius 1 is 0.656 bits per heavy atom. The van der Waals surface area contributed by atoms with Gasteiger partial charge < -0.3 is 40.4 Å². The number of pyridine rings is 3. The Labute approximate surface area is 371 Å². The summed E-state index contributed by atoms with van der Waals surface area (Å²) < 4.78 is 7.87. The van der Waals surface area contributed by atoms with Crippen LogP contribution >= 0.6 is 0 Å². The van der Waals surface area contributed by atoms with Crippen LogP contribution in [0.3, 0.4) is 0 Å². The van der Waals surface area contributed by atoms with Crippen molar-refractivity contribution in [2.75, 3.05) is 70.9 Å². The molecule has 2 aliphatic heterocycles. The molecule has 14 nitrogen and oxygen atoms in total. The number of rotatable bonds is 13. The second kappa shape index (κ2) is 17.8. The second-order valence-corrected chi connectivity index (χ2v) is 16.0. The van der Waals surface area contributed by atoms with Gasteiger partial charge in [0.15, 0.2) is 0 Å². The van der Waals surface area contributed by atoms with E-state index in [-0.39, 0.29) is 5.91 Å². The Hall–Kier alpha value is -7.97. The van der Waals surface area contributed by atoms with E-state index in [0.29, 0.717) is 18.2 Å². The van der Waals surface area contributed by atoms with Gasteiger partial charge in [0.2, 0.25) is 5.91 Å². The van der Waals surface area contributed by atoms with E-state index in [1.807, 2.05) is 82.4 Å². The summed E-state index contributed by atoms with van der Waals surface area (Å²) in [6.07, 6.45) is 11.7. The minimum atomic E-state index is 0.0380. The summed E-state index contributed by atoms with van der Waals surface area (Å²) in [6.45, 7) is 6.67. The summed E-state index contributed by atoms with van der Waals surface area (Å²) in [7, 11) is 1.70. The van der Waals surface area contributed by atoms with E-state index >= 15 is 0 Å². The lowest BCUT2D eigenvalue weighted by molar-refractivity contribution is -0.116. The van der Waals surface area contributed by atoms with Gasteiger partial charge >= 0.3 is 0 Å². The zero-order valence-corrected chi connectivity index (χ0v) is 35.7. The second-order valence-electron chi connectivity index (χ2n) is 16.0. The van der Waals surface area contributed by atoms with Crippen molar-refractivity contribution < 1.29 is 9.53 Å². The predicted molar refractivity (Wildman–Crippen MR) is 256 cm³/mol. The predicted octanol–water partition coefficient (Wildman–Crippen LogP) is 9.42. The first kappa shape index (κ1) is 40.1. The molecule has 1 fully saturated rings. The Balaban J connectivity index is 0.796. The molecule has 1 amide bonds. The maximum atomic E-state index is 12.8. The van der Waals surface area contributed by atoms with Crippen LogP contribution in [-0.4, -0.2) is 75.1 Å². The highest BCUT2D eigenvalue weighted by Gasteiger charge is 2.27. The lowest BCUT2D eigenvalue weighted by Crippen LogP contribution is -2.46. The quantitative estimate of drug-likeness (QED) is 0.0879. The van der Waals surface area contributed by atoms with Crippen molar-refractivity contribution in [2.45, 2.75) is 19.9 Å². The summed E-state index contributed by atoms with van der Waals surface area (Å²) in [4.78, 5) is 37.5. The van der Waals surface area contributed by atoms with Gasteiger partial charge in [-0.1, -0.05) is 18.2 Å². The Kier molecular flexibility index (Phi) is 11.2. The fraction of sp³-hybridized carbons (Fsp3) is 0.180. The largest absolute Gasteiger partial charge is 0.494 e. The van der Waals surface area contributed by atoms with Crippen molar-refractivity contribution in [2.24, 2.45) is 0 Å². The third-order valence-electron chi connectivity index (χ3n) is 11.7. The Bertz CT molecular complexity index is 2940. The van der Waals surface area contributed by atoms with Crippen molar-refractivity contribution in [3.8, 4) is 11.4 Å². The number of aromatic nitrogens is 5. The van der Waals surface area contributed by atoms with Crippen LogP contribution in [0.15, 0.2) is 147 Å². The first-order valence-corrected chi connectivity index (χ1v) is 21.4. The van der Waals surface area contributed by atoms with Gasteiger partial charge in [-0.05, 0) is 90.3 Å². The average molecular weight is 849 g/mol. The van der Waals surface area contributed by atoms with Gasteiger partial charge in [-0.3, -0.25) is 14.7 Å². The number of benzene rings is 4. The van der Waals surface area contributed by atoms with Crippen LogP contribution in [0.1, 0.15) is 18.1 Å². The lowest BCUT2D eigenvalue weighted by atomic mass is 10.0. The molecule has 14 heteroatoms. The molecule has 320 valence electrons. The lowest BCUT2D eigenvalue weighted by Gasteiger charge is -2.36. The SMILES string of the molecule is COc1cc(N2CCN(Cc3cc4c(c(Nc5ccnc(Nc6cccc7ncccc67)c5)c3)N(C(C)=O)CC4)CC2)ccc1Nc1cc(Nc2cccc(-n3ccnc3)c2)ccn1. The maximum absolute atomic E-state index is 12.8. The first-order valence-electron chi connectivity index (χ1n) is 21.4. The number of ether oxygens (including phenoxy) is 1. The molecule has 0 unspecified atom stereocenters. The minimum Gasteiger partial charge on any atom is -0.494 e. The van der Waals surface area contributed by atoms with Gasteiger partial charge in [-0.2, -0.15) is 0 Å². The Morgan fingerprint density at radius 3 is 2.22 bits per heavy atom. The smallest absolute Gasteiger partial charge is 0.223 e. The van der Waals surface area contributed by atoms with Crippen molar-refractivity contribution >= 4 is 73.9 Å². The molecule has 4 aromatic carbocycles. The highest BCUT2D eigenvalue weighted by atomic mass is 16.5. The van der Waals surface area contributed by atoms with E-state index in [4.69, 9.17) is 4.74 Å². The van der Waals surface area contributed by atoms with E-state index in [0.717, 1.165) is 107 Å². The molecular formula is C50H48N12O2. The number of hydrogen-bond acceptors (Lipinski definition) is 12. The number of carbonyl (C=O) groups excluding carboxylic acids is 1. The molecule has 0 saturated carbocycles. The van der Waals surface area contributed by atoms with Crippen LogP contribution in [0.4, 0.5) is 57.1 Å². The molecule has 0 radical (unpaired) electrons. The molecule has 0 spiro atoms. The highest BCUT2D eigenvalue weighted by molar-refractivity contribution is 5.99. The van der Waals surface area contributed by atoms with Crippen LogP contribution < -0.4 is 35.8 Å². The number of fused-ring (bicyclic) bond motifs is 2. The van der Waals surface area contributed by atoms with E-state index in [2.05, 4.69) is 93.5 Å². The summed E-state index contributed by atoms with van der Waals surface area (Å²) in [5, 5.41) is 15.1. The van der Waals surface area contributed by atoms with Crippen LogP contribution in [0.5, 0.6) is 5.75 Å². The van der Waals surface area contributed by atoms with Gasteiger partial charge in [-0.15, -0.1) is 0 Å².